The van der Waals surface area contributed by atoms with Gasteiger partial charge in [0.05, 0.1) is 12.2 Å². The second-order valence-electron chi connectivity index (χ2n) is 9.79. The topological polar surface area (TPSA) is 43.7 Å². The molecule has 0 bridgehead atoms. The monoisotopic (exact) mass is 441 g/mol. The molecule has 0 radical (unpaired) electrons. The molecule has 1 saturated carbocycles. The van der Waals surface area contributed by atoms with Crippen molar-refractivity contribution in [2.75, 3.05) is 31.1 Å². The minimum absolute atomic E-state index is 0.175. The zero-order chi connectivity index (χ0) is 21.6. The zero-order valence-corrected chi connectivity index (χ0v) is 19.8. The van der Waals surface area contributed by atoms with Gasteiger partial charge in [-0.05, 0) is 75.3 Å². The molecule has 1 aromatic rings. The van der Waals surface area contributed by atoms with Gasteiger partial charge in [-0.2, -0.15) is 11.8 Å². The number of hydrogen-bond acceptors (Lipinski definition) is 4. The van der Waals surface area contributed by atoms with Gasteiger partial charge in [-0.3, -0.25) is 0 Å². The van der Waals surface area contributed by atoms with E-state index >= 15 is 0 Å². The highest BCUT2D eigenvalue weighted by atomic mass is 32.2. The predicted molar refractivity (Wildman–Crippen MR) is 131 cm³/mol. The fourth-order valence-corrected chi connectivity index (χ4v) is 6.70. The van der Waals surface area contributed by atoms with Crippen LogP contribution in [0.1, 0.15) is 43.2 Å². The molecule has 3 aliphatic rings. The summed E-state index contributed by atoms with van der Waals surface area (Å²) in [6.45, 7) is 5.92. The van der Waals surface area contributed by atoms with E-state index < -0.39 is 6.10 Å². The van der Waals surface area contributed by atoms with E-state index in [2.05, 4.69) is 53.9 Å². The van der Waals surface area contributed by atoms with Crippen molar-refractivity contribution in [2.24, 2.45) is 17.8 Å². The normalized spacial score (nSPS) is 29.6. The van der Waals surface area contributed by atoms with Crippen LogP contribution in [0.2, 0.25) is 0 Å². The van der Waals surface area contributed by atoms with Crippen LogP contribution in [-0.2, 0) is 6.42 Å². The smallest absolute Gasteiger partial charge is 0.0761 e. The number of aliphatic hydroxyl groups is 2. The van der Waals surface area contributed by atoms with Crippen molar-refractivity contribution in [3.63, 3.8) is 0 Å². The Morgan fingerprint density at radius 2 is 2.06 bits per heavy atom. The first-order valence-electron chi connectivity index (χ1n) is 12.2. The first kappa shape index (κ1) is 23.1. The van der Waals surface area contributed by atoms with E-state index in [9.17, 15) is 10.2 Å². The van der Waals surface area contributed by atoms with Crippen LogP contribution in [0, 0.1) is 24.7 Å². The predicted octanol–water partition coefficient (Wildman–Crippen LogP) is 4.62. The largest absolute Gasteiger partial charge is 0.392 e. The first-order chi connectivity index (χ1) is 15.1. The molecule has 0 amide bonds. The number of benzene rings is 1. The summed E-state index contributed by atoms with van der Waals surface area (Å²) in [6, 6.07) is 8.33. The molecule has 4 rings (SSSR count). The molecule has 4 heteroatoms. The Hall–Kier alpha value is -1.07. The van der Waals surface area contributed by atoms with Crippen LogP contribution >= 0.6 is 11.8 Å². The molecule has 1 saturated heterocycles. The highest BCUT2D eigenvalue weighted by Gasteiger charge is 2.43. The third kappa shape index (κ3) is 6.47. The molecule has 1 aliphatic heterocycles. The van der Waals surface area contributed by atoms with Gasteiger partial charge in [0, 0.05) is 24.6 Å². The maximum atomic E-state index is 10.6. The molecule has 3 nitrogen and oxygen atoms in total. The minimum atomic E-state index is -0.492. The van der Waals surface area contributed by atoms with Crippen molar-refractivity contribution in [1.29, 1.82) is 0 Å². The molecular weight excluding hydrogens is 402 g/mol. The lowest BCUT2D eigenvalue weighted by molar-refractivity contribution is 0.140. The van der Waals surface area contributed by atoms with E-state index in [0.717, 1.165) is 18.4 Å². The van der Waals surface area contributed by atoms with Gasteiger partial charge in [0.2, 0.25) is 0 Å². The number of allylic oxidation sites excluding steroid dienone is 2. The quantitative estimate of drug-likeness (QED) is 0.411. The van der Waals surface area contributed by atoms with Crippen LogP contribution in [0.25, 0.3) is 0 Å². The van der Waals surface area contributed by atoms with Gasteiger partial charge in [-0.25, -0.2) is 0 Å². The van der Waals surface area contributed by atoms with Gasteiger partial charge in [0.25, 0.3) is 0 Å². The molecule has 0 aromatic heterocycles. The number of hydrogen-bond donors (Lipinski definition) is 2. The average Bonchev–Trinajstić information content (AvgIpc) is 3.43. The highest BCUT2D eigenvalue weighted by Crippen LogP contribution is 2.48. The summed E-state index contributed by atoms with van der Waals surface area (Å²) in [5, 5.41) is 21.1. The van der Waals surface area contributed by atoms with Crippen molar-refractivity contribution in [1.82, 2.24) is 4.90 Å². The average molecular weight is 442 g/mol. The second kappa shape index (κ2) is 11.2. The Morgan fingerprint density at radius 1 is 1.23 bits per heavy atom. The molecule has 1 aromatic carbocycles. The highest BCUT2D eigenvalue weighted by molar-refractivity contribution is 7.99. The fourth-order valence-electron chi connectivity index (χ4n) is 5.70. The van der Waals surface area contributed by atoms with Crippen LogP contribution in [0.5, 0.6) is 0 Å². The molecule has 0 unspecified atom stereocenters. The van der Waals surface area contributed by atoms with Crippen molar-refractivity contribution in [3.05, 3.63) is 59.2 Å². The number of aliphatic hydroxyl groups excluding tert-OH is 2. The third-order valence-corrected chi connectivity index (χ3v) is 8.31. The Labute approximate surface area is 192 Å². The number of thioether (sulfide) groups is 1. The van der Waals surface area contributed by atoms with Gasteiger partial charge < -0.3 is 15.1 Å². The minimum Gasteiger partial charge on any atom is -0.392 e. The van der Waals surface area contributed by atoms with E-state index in [0.29, 0.717) is 18.3 Å². The fraction of sp³-hybridized carbons (Fsp3) is 0.630. The van der Waals surface area contributed by atoms with Crippen LogP contribution in [-0.4, -0.2) is 58.5 Å². The van der Waals surface area contributed by atoms with E-state index in [-0.39, 0.29) is 12.0 Å². The summed E-state index contributed by atoms with van der Waals surface area (Å²) in [5.74, 6) is 3.68. The van der Waals surface area contributed by atoms with Crippen LogP contribution in [0.15, 0.2) is 48.1 Å². The number of likely N-dealkylation sites (tertiary alicyclic amines) is 1. The number of aryl methyl sites for hydroxylation is 1. The van der Waals surface area contributed by atoms with E-state index in [1.807, 2.05) is 12.1 Å². The molecule has 5 atom stereocenters. The zero-order valence-electron chi connectivity index (χ0n) is 19.0. The molecule has 31 heavy (non-hydrogen) atoms. The molecule has 2 aliphatic carbocycles. The Morgan fingerprint density at radius 3 is 2.87 bits per heavy atom. The summed E-state index contributed by atoms with van der Waals surface area (Å²) >= 11 is 2.09. The molecule has 170 valence electrons. The van der Waals surface area contributed by atoms with E-state index in [4.69, 9.17) is 0 Å². The third-order valence-electron chi connectivity index (χ3n) is 7.35. The molecule has 0 spiro atoms. The summed E-state index contributed by atoms with van der Waals surface area (Å²) in [5.41, 5.74) is 3.98. The second-order valence-corrected chi connectivity index (χ2v) is 11.0. The first-order valence-corrected chi connectivity index (χ1v) is 13.3. The van der Waals surface area contributed by atoms with Crippen molar-refractivity contribution < 1.29 is 10.2 Å². The van der Waals surface area contributed by atoms with E-state index in [1.54, 1.807) is 5.57 Å². The molecule has 2 N–H and O–H groups in total. The maximum Gasteiger partial charge on any atom is 0.0761 e. The van der Waals surface area contributed by atoms with Crippen LogP contribution < -0.4 is 0 Å². The van der Waals surface area contributed by atoms with Gasteiger partial charge in [0.15, 0.2) is 0 Å². The summed E-state index contributed by atoms with van der Waals surface area (Å²) in [6.07, 6.45) is 12.3. The Balaban J connectivity index is 1.20. The molecule has 1 heterocycles. The summed E-state index contributed by atoms with van der Waals surface area (Å²) in [4.78, 5) is 2.60. The summed E-state index contributed by atoms with van der Waals surface area (Å²) in [7, 11) is 0. The van der Waals surface area contributed by atoms with Crippen LogP contribution in [0.3, 0.4) is 0 Å². The molecular formula is C27H39NO2S. The SMILES string of the molecule is Cc1cccc(C[C@@H](O)C=C[C@@H]2[C@H]3CC(CCSCCN4CCCC4)=C[C@H]3C[C@H]2O)c1. The van der Waals surface area contributed by atoms with Crippen molar-refractivity contribution >= 4 is 11.8 Å². The standard InChI is InChI=1S/C27H39NO2S/c1-20-5-4-6-21(15-20)17-24(29)7-8-25-26-18-22(16-23(26)19-27(25)30)9-13-31-14-12-28-10-2-3-11-28/h4-8,15-16,23-27,29-30H,2-3,9-14,17-19H2,1H3/t23-,24-,25+,26-,27+/m0/s1. The Bertz CT molecular complexity index is 770. The van der Waals surface area contributed by atoms with Gasteiger partial charge >= 0.3 is 0 Å². The van der Waals surface area contributed by atoms with Gasteiger partial charge in [-0.1, -0.05) is 53.6 Å². The molecule has 2 fully saturated rings. The van der Waals surface area contributed by atoms with Crippen molar-refractivity contribution in [3.8, 4) is 0 Å². The van der Waals surface area contributed by atoms with Crippen LogP contribution in [0.4, 0.5) is 0 Å². The number of nitrogens with zero attached hydrogens (tertiary/aromatic N) is 1. The lowest BCUT2D eigenvalue weighted by Gasteiger charge is -2.19. The number of rotatable bonds is 10. The van der Waals surface area contributed by atoms with E-state index in [1.165, 1.54) is 56.0 Å². The Kier molecular flexibility index (Phi) is 8.33. The lowest BCUT2D eigenvalue weighted by atomic mass is 9.88. The number of fused-ring (bicyclic) bond motifs is 1. The van der Waals surface area contributed by atoms with Gasteiger partial charge in [0.1, 0.15) is 0 Å². The van der Waals surface area contributed by atoms with Crippen molar-refractivity contribution in [2.45, 2.75) is 57.7 Å². The maximum absolute atomic E-state index is 10.6. The summed E-state index contributed by atoms with van der Waals surface area (Å²) < 4.78 is 0. The van der Waals surface area contributed by atoms with Gasteiger partial charge in [-0.15, -0.1) is 0 Å². The lowest BCUT2D eigenvalue weighted by Crippen LogP contribution is -2.22.